The van der Waals surface area contributed by atoms with Gasteiger partial charge in [-0.2, -0.15) is 4.40 Å². The number of aryl methyl sites for hydroxylation is 1. The Morgan fingerprint density at radius 1 is 1.38 bits per heavy atom. The van der Waals surface area contributed by atoms with Gasteiger partial charge in [-0.1, -0.05) is 22.0 Å². The van der Waals surface area contributed by atoms with Crippen molar-refractivity contribution in [2.45, 2.75) is 32.4 Å². The van der Waals surface area contributed by atoms with Gasteiger partial charge in [-0.15, -0.1) is 0 Å². The molecule has 1 aromatic carbocycles. The van der Waals surface area contributed by atoms with E-state index in [9.17, 15) is 4.21 Å². The second kappa shape index (κ2) is 5.23. The summed E-state index contributed by atoms with van der Waals surface area (Å²) < 4.78 is 16.5. The van der Waals surface area contributed by atoms with Crippen LogP contribution < -0.4 is 0 Å². The summed E-state index contributed by atoms with van der Waals surface area (Å²) in [5.74, 6) is 0. The minimum atomic E-state index is -1.19. The molecule has 0 unspecified atom stereocenters. The van der Waals surface area contributed by atoms with Gasteiger partial charge in [0, 0.05) is 10.7 Å². The maximum absolute atomic E-state index is 11.7. The first kappa shape index (κ1) is 13.6. The van der Waals surface area contributed by atoms with Crippen LogP contribution in [0.4, 0.5) is 0 Å². The van der Waals surface area contributed by atoms with Gasteiger partial charge in [0.1, 0.15) is 11.0 Å². The van der Waals surface area contributed by atoms with E-state index < -0.39 is 11.0 Å². The molecule has 0 fully saturated rings. The van der Waals surface area contributed by atoms with Crippen molar-refractivity contribution in [2.24, 2.45) is 4.40 Å². The molecular weight excluding hydrogens is 286 g/mol. The molecule has 0 aromatic heterocycles. The Balaban J connectivity index is 2.85. The van der Waals surface area contributed by atoms with Crippen LogP contribution in [0.3, 0.4) is 0 Å². The van der Waals surface area contributed by atoms with Crippen LogP contribution >= 0.6 is 15.9 Å². The van der Waals surface area contributed by atoms with Crippen molar-refractivity contribution in [1.82, 2.24) is 0 Å². The lowest BCUT2D eigenvalue weighted by Gasteiger charge is -2.12. The minimum Gasteiger partial charge on any atom is -0.234 e. The van der Waals surface area contributed by atoms with Crippen LogP contribution in [-0.2, 0) is 11.0 Å². The molecule has 1 rings (SSSR count). The highest BCUT2D eigenvalue weighted by atomic mass is 79.9. The molecular formula is C12H16BrNOS. The van der Waals surface area contributed by atoms with E-state index >= 15 is 0 Å². The second-order valence-electron chi connectivity index (χ2n) is 4.60. The predicted molar refractivity (Wildman–Crippen MR) is 74.4 cm³/mol. The fourth-order valence-corrected chi connectivity index (χ4v) is 1.80. The molecule has 2 nitrogen and oxygen atoms in total. The molecule has 0 aliphatic heterocycles. The molecule has 4 heteroatoms. The summed E-state index contributed by atoms with van der Waals surface area (Å²) in [6, 6.07) is 5.92. The van der Waals surface area contributed by atoms with Gasteiger partial charge in [0.15, 0.2) is 0 Å². The lowest BCUT2D eigenvalue weighted by Crippen LogP contribution is -2.19. The average Bonchev–Trinajstić information content (AvgIpc) is 2.18. The van der Waals surface area contributed by atoms with Crippen molar-refractivity contribution in [3.63, 3.8) is 0 Å². The summed E-state index contributed by atoms with van der Waals surface area (Å²) in [6.45, 7) is 7.75. The van der Waals surface area contributed by atoms with Crippen molar-refractivity contribution in [3.05, 3.63) is 33.8 Å². The molecule has 1 atom stereocenters. The summed E-state index contributed by atoms with van der Waals surface area (Å²) in [7, 11) is -1.19. The minimum absolute atomic E-state index is 0.305. The van der Waals surface area contributed by atoms with Crippen LogP contribution in [0.25, 0.3) is 0 Å². The first-order chi connectivity index (χ1) is 7.30. The van der Waals surface area contributed by atoms with E-state index in [0.29, 0.717) is 0 Å². The number of hydrogen-bond donors (Lipinski definition) is 0. The Labute approximate surface area is 108 Å². The highest BCUT2D eigenvalue weighted by Gasteiger charge is 2.17. The SMILES string of the molecule is Cc1cc(/C=N/[S@](=O)C(C)(C)C)ccc1Br. The average molecular weight is 302 g/mol. The van der Waals surface area contributed by atoms with Crippen molar-refractivity contribution in [3.8, 4) is 0 Å². The highest BCUT2D eigenvalue weighted by Crippen LogP contribution is 2.17. The molecule has 0 spiro atoms. The fourth-order valence-electron chi connectivity index (χ4n) is 1.02. The number of hydrogen-bond acceptors (Lipinski definition) is 1. The summed E-state index contributed by atoms with van der Waals surface area (Å²) in [4.78, 5) is 0. The molecule has 88 valence electrons. The monoisotopic (exact) mass is 301 g/mol. The Morgan fingerprint density at radius 3 is 2.50 bits per heavy atom. The molecule has 0 aliphatic rings. The second-order valence-corrected chi connectivity index (χ2v) is 7.39. The Kier molecular flexibility index (Phi) is 4.44. The van der Waals surface area contributed by atoms with Crippen molar-refractivity contribution in [2.75, 3.05) is 0 Å². The van der Waals surface area contributed by atoms with E-state index in [1.807, 2.05) is 45.9 Å². The van der Waals surface area contributed by atoms with Gasteiger partial charge in [-0.3, -0.25) is 0 Å². The summed E-state index contributed by atoms with van der Waals surface area (Å²) >= 11 is 3.44. The zero-order chi connectivity index (χ0) is 12.3. The van der Waals surface area contributed by atoms with Gasteiger partial charge in [0.25, 0.3) is 0 Å². The predicted octanol–water partition coefficient (Wildman–Crippen LogP) is 3.64. The first-order valence-electron chi connectivity index (χ1n) is 5.03. The number of halogens is 1. The smallest absolute Gasteiger partial charge is 0.144 e. The lowest BCUT2D eigenvalue weighted by molar-refractivity contribution is 0.651. The molecule has 16 heavy (non-hydrogen) atoms. The Morgan fingerprint density at radius 2 is 2.00 bits per heavy atom. The third kappa shape index (κ3) is 3.83. The van der Waals surface area contributed by atoms with Crippen LogP contribution in [0.1, 0.15) is 31.9 Å². The van der Waals surface area contributed by atoms with Crippen LogP contribution in [0, 0.1) is 6.92 Å². The van der Waals surface area contributed by atoms with E-state index in [1.54, 1.807) is 6.21 Å². The third-order valence-corrected chi connectivity index (χ3v) is 4.24. The third-order valence-electron chi connectivity index (χ3n) is 2.00. The summed E-state index contributed by atoms with van der Waals surface area (Å²) in [5, 5.41) is 0. The number of nitrogens with zero attached hydrogens (tertiary/aromatic N) is 1. The maximum atomic E-state index is 11.7. The van der Waals surface area contributed by atoms with E-state index in [4.69, 9.17) is 0 Å². The van der Waals surface area contributed by atoms with Gasteiger partial charge in [-0.05, 0) is 51.0 Å². The first-order valence-corrected chi connectivity index (χ1v) is 6.93. The topological polar surface area (TPSA) is 29.4 Å². The molecule has 0 saturated heterocycles. The zero-order valence-corrected chi connectivity index (χ0v) is 12.4. The van der Waals surface area contributed by atoms with Crippen LogP contribution in [0.15, 0.2) is 27.1 Å². The van der Waals surface area contributed by atoms with Crippen molar-refractivity contribution in [1.29, 1.82) is 0 Å². The summed E-state index contributed by atoms with van der Waals surface area (Å²) in [5.41, 5.74) is 2.11. The normalized spacial score (nSPS) is 14.3. The quantitative estimate of drug-likeness (QED) is 0.767. The number of benzene rings is 1. The summed E-state index contributed by atoms with van der Waals surface area (Å²) in [6.07, 6.45) is 1.67. The van der Waals surface area contributed by atoms with Crippen LogP contribution in [0.5, 0.6) is 0 Å². The molecule has 0 aliphatic carbocycles. The van der Waals surface area contributed by atoms with E-state index in [-0.39, 0.29) is 4.75 Å². The van der Waals surface area contributed by atoms with Gasteiger partial charge in [-0.25, -0.2) is 4.21 Å². The standard InChI is InChI=1S/C12H16BrNOS/c1-9-7-10(5-6-11(9)13)8-14-16(15)12(2,3)4/h5-8H,1-4H3/b14-8+/t16-/m1/s1. The molecule has 0 N–H and O–H groups in total. The van der Waals surface area contributed by atoms with Crippen molar-refractivity contribution < 1.29 is 4.21 Å². The Bertz CT molecular complexity index is 435. The van der Waals surface area contributed by atoms with E-state index in [0.717, 1.165) is 15.6 Å². The maximum Gasteiger partial charge on any atom is 0.144 e. The van der Waals surface area contributed by atoms with E-state index in [2.05, 4.69) is 20.3 Å². The van der Waals surface area contributed by atoms with Gasteiger partial charge >= 0.3 is 0 Å². The molecule has 0 bridgehead atoms. The van der Waals surface area contributed by atoms with Gasteiger partial charge < -0.3 is 0 Å². The molecule has 0 radical (unpaired) electrons. The zero-order valence-electron chi connectivity index (χ0n) is 9.95. The van der Waals surface area contributed by atoms with Gasteiger partial charge in [0.2, 0.25) is 0 Å². The molecule has 1 aromatic rings. The number of rotatable bonds is 2. The highest BCUT2D eigenvalue weighted by molar-refractivity contribution is 9.10. The fraction of sp³-hybridized carbons (Fsp3) is 0.417. The van der Waals surface area contributed by atoms with E-state index in [1.165, 1.54) is 0 Å². The van der Waals surface area contributed by atoms with Crippen LogP contribution in [-0.4, -0.2) is 15.2 Å². The van der Waals surface area contributed by atoms with Gasteiger partial charge in [0.05, 0.1) is 4.75 Å². The Hall–Kier alpha value is -0.480. The van der Waals surface area contributed by atoms with Crippen molar-refractivity contribution >= 4 is 33.1 Å². The largest absolute Gasteiger partial charge is 0.234 e. The molecule has 0 saturated carbocycles. The molecule has 0 heterocycles. The lowest BCUT2D eigenvalue weighted by atomic mass is 10.2. The molecule has 0 amide bonds. The van der Waals surface area contributed by atoms with Crippen LogP contribution in [0.2, 0.25) is 0 Å².